The van der Waals surface area contributed by atoms with Gasteiger partial charge in [0, 0.05) is 12.6 Å². The maximum absolute atomic E-state index is 3.57. The zero-order valence-electron chi connectivity index (χ0n) is 10.2. The summed E-state index contributed by atoms with van der Waals surface area (Å²) in [6, 6.07) is 0.719. The van der Waals surface area contributed by atoms with Gasteiger partial charge in [0.2, 0.25) is 0 Å². The predicted molar refractivity (Wildman–Crippen MR) is 65.1 cm³/mol. The van der Waals surface area contributed by atoms with E-state index in [1.807, 2.05) is 0 Å². The van der Waals surface area contributed by atoms with Gasteiger partial charge >= 0.3 is 0 Å². The Kier molecular flexibility index (Phi) is 4.45. The third-order valence-corrected chi connectivity index (χ3v) is 4.01. The molecule has 0 bridgehead atoms. The first-order chi connectivity index (χ1) is 7.34. The second-order valence-electron chi connectivity index (χ2n) is 5.45. The van der Waals surface area contributed by atoms with Crippen molar-refractivity contribution in [3.8, 4) is 0 Å². The summed E-state index contributed by atoms with van der Waals surface area (Å²) in [6.45, 7) is 7.54. The molecular weight excluding hydrogens is 184 g/mol. The molecule has 2 heteroatoms. The Hall–Kier alpha value is -0.0800. The molecule has 88 valence electrons. The number of hydrogen-bond acceptors (Lipinski definition) is 2. The van der Waals surface area contributed by atoms with Gasteiger partial charge in [0.05, 0.1) is 0 Å². The van der Waals surface area contributed by atoms with E-state index < -0.39 is 0 Å². The number of nitrogens with one attached hydrogen (secondary N) is 1. The summed E-state index contributed by atoms with van der Waals surface area (Å²) in [5.41, 5.74) is 0. The van der Waals surface area contributed by atoms with E-state index in [1.165, 1.54) is 64.7 Å². The zero-order chi connectivity index (χ0) is 10.5. The van der Waals surface area contributed by atoms with Gasteiger partial charge in [0.1, 0.15) is 0 Å². The number of hydrogen-bond donors (Lipinski definition) is 1. The Morgan fingerprint density at radius 3 is 2.67 bits per heavy atom. The molecule has 1 aliphatic carbocycles. The molecule has 1 saturated heterocycles. The highest BCUT2D eigenvalue weighted by Crippen LogP contribution is 2.25. The van der Waals surface area contributed by atoms with Crippen LogP contribution in [-0.4, -0.2) is 37.1 Å². The lowest BCUT2D eigenvalue weighted by Gasteiger charge is -2.29. The molecule has 0 aromatic rings. The predicted octanol–water partition coefficient (Wildman–Crippen LogP) is 2.25. The van der Waals surface area contributed by atoms with Gasteiger partial charge in [0.15, 0.2) is 0 Å². The van der Waals surface area contributed by atoms with Crippen LogP contribution in [0.4, 0.5) is 0 Å². The van der Waals surface area contributed by atoms with E-state index in [0.717, 1.165) is 12.0 Å². The molecule has 0 amide bonds. The van der Waals surface area contributed by atoms with Crippen LogP contribution in [0.15, 0.2) is 0 Å². The average molecular weight is 210 g/mol. The van der Waals surface area contributed by atoms with Gasteiger partial charge < -0.3 is 10.2 Å². The highest BCUT2D eigenvalue weighted by molar-refractivity contribution is 4.75. The molecule has 0 aromatic carbocycles. The van der Waals surface area contributed by atoms with Crippen LogP contribution in [0.2, 0.25) is 0 Å². The SMILES string of the molecule is CC1CCN(CC2CCCC2)CCCN1. The van der Waals surface area contributed by atoms with E-state index >= 15 is 0 Å². The largest absolute Gasteiger partial charge is 0.314 e. The molecule has 0 spiro atoms. The summed E-state index contributed by atoms with van der Waals surface area (Å²) in [5, 5.41) is 3.57. The molecule has 0 aromatic heterocycles. The molecule has 1 atom stereocenters. The van der Waals surface area contributed by atoms with Crippen LogP contribution in [0.5, 0.6) is 0 Å². The van der Waals surface area contributed by atoms with E-state index in [1.54, 1.807) is 0 Å². The third kappa shape index (κ3) is 3.76. The normalized spacial score (nSPS) is 31.4. The van der Waals surface area contributed by atoms with Crippen LogP contribution in [0, 0.1) is 5.92 Å². The van der Waals surface area contributed by atoms with Crippen molar-refractivity contribution in [3.63, 3.8) is 0 Å². The van der Waals surface area contributed by atoms with E-state index in [9.17, 15) is 0 Å². The molecule has 2 aliphatic rings. The van der Waals surface area contributed by atoms with Crippen LogP contribution in [-0.2, 0) is 0 Å². The lowest BCUT2D eigenvalue weighted by atomic mass is 10.1. The molecule has 1 unspecified atom stereocenters. The molecule has 1 aliphatic heterocycles. The monoisotopic (exact) mass is 210 g/mol. The van der Waals surface area contributed by atoms with Gasteiger partial charge in [-0.15, -0.1) is 0 Å². The van der Waals surface area contributed by atoms with Crippen molar-refractivity contribution in [2.24, 2.45) is 5.92 Å². The maximum atomic E-state index is 3.57. The van der Waals surface area contributed by atoms with Gasteiger partial charge in [0.25, 0.3) is 0 Å². The van der Waals surface area contributed by atoms with Crippen molar-refractivity contribution in [2.45, 2.75) is 51.5 Å². The summed E-state index contributed by atoms with van der Waals surface area (Å²) in [7, 11) is 0. The van der Waals surface area contributed by atoms with Crippen molar-refractivity contribution < 1.29 is 0 Å². The molecule has 1 heterocycles. The topological polar surface area (TPSA) is 15.3 Å². The van der Waals surface area contributed by atoms with Crippen LogP contribution in [0.3, 0.4) is 0 Å². The first-order valence-corrected chi connectivity index (χ1v) is 6.80. The summed E-state index contributed by atoms with van der Waals surface area (Å²) in [6.07, 6.45) is 8.60. The second-order valence-corrected chi connectivity index (χ2v) is 5.45. The summed E-state index contributed by atoms with van der Waals surface area (Å²) < 4.78 is 0. The lowest BCUT2D eigenvalue weighted by Crippen LogP contribution is -2.40. The molecule has 2 nitrogen and oxygen atoms in total. The Morgan fingerprint density at radius 2 is 1.87 bits per heavy atom. The molecule has 1 N–H and O–H groups in total. The van der Waals surface area contributed by atoms with Gasteiger partial charge in [-0.25, -0.2) is 0 Å². The van der Waals surface area contributed by atoms with Gasteiger partial charge in [-0.1, -0.05) is 12.8 Å². The van der Waals surface area contributed by atoms with Crippen LogP contribution >= 0.6 is 0 Å². The minimum atomic E-state index is 0.719. The van der Waals surface area contributed by atoms with E-state index in [4.69, 9.17) is 0 Å². The summed E-state index contributed by atoms with van der Waals surface area (Å²) in [4.78, 5) is 2.72. The fourth-order valence-corrected chi connectivity index (χ4v) is 2.98. The van der Waals surface area contributed by atoms with Gasteiger partial charge in [-0.2, -0.15) is 0 Å². The summed E-state index contributed by atoms with van der Waals surface area (Å²) in [5.74, 6) is 1.02. The van der Waals surface area contributed by atoms with Gasteiger partial charge in [-0.05, 0) is 58.2 Å². The van der Waals surface area contributed by atoms with Gasteiger partial charge in [-0.3, -0.25) is 0 Å². The highest BCUT2D eigenvalue weighted by Gasteiger charge is 2.19. The third-order valence-electron chi connectivity index (χ3n) is 4.01. The summed E-state index contributed by atoms with van der Waals surface area (Å²) >= 11 is 0. The molecule has 15 heavy (non-hydrogen) atoms. The van der Waals surface area contributed by atoms with Crippen LogP contribution in [0.1, 0.15) is 45.4 Å². The first kappa shape index (κ1) is 11.4. The standard InChI is InChI=1S/C13H26N2/c1-12-7-10-15(9-4-8-14-12)11-13-5-2-3-6-13/h12-14H,2-11H2,1H3. The van der Waals surface area contributed by atoms with Crippen molar-refractivity contribution in [1.29, 1.82) is 0 Å². The molecule has 2 rings (SSSR count). The van der Waals surface area contributed by atoms with Crippen molar-refractivity contribution in [1.82, 2.24) is 10.2 Å². The average Bonchev–Trinajstić information content (AvgIpc) is 2.70. The fourth-order valence-electron chi connectivity index (χ4n) is 2.98. The Morgan fingerprint density at radius 1 is 1.07 bits per heavy atom. The maximum Gasteiger partial charge on any atom is 0.00509 e. The number of nitrogens with zero attached hydrogens (tertiary/aromatic N) is 1. The van der Waals surface area contributed by atoms with Crippen molar-refractivity contribution >= 4 is 0 Å². The second kappa shape index (κ2) is 5.86. The van der Waals surface area contributed by atoms with Crippen LogP contribution < -0.4 is 5.32 Å². The highest BCUT2D eigenvalue weighted by atomic mass is 15.1. The smallest absolute Gasteiger partial charge is 0.00509 e. The van der Waals surface area contributed by atoms with Crippen LogP contribution in [0.25, 0.3) is 0 Å². The molecular formula is C13H26N2. The Balaban J connectivity index is 1.74. The molecule has 2 fully saturated rings. The van der Waals surface area contributed by atoms with E-state index in [0.29, 0.717) is 0 Å². The minimum absolute atomic E-state index is 0.719. The quantitative estimate of drug-likeness (QED) is 0.752. The van der Waals surface area contributed by atoms with Crippen molar-refractivity contribution in [3.05, 3.63) is 0 Å². The van der Waals surface area contributed by atoms with E-state index in [-0.39, 0.29) is 0 Å². The van der Waals surface area contributed by atoms with E-state index in [2.05, 4.69) is 17.1 Å². The number of rotatable bonds is 2. The zero-order valence-corrected chi connectivity index (χ0v) is 10.2. The Labute approximate surface area is 94.4 Å². The molecule has 0 radical (unpaired) electrons. The molecule has 1 saturated carbocycles. The first-order valence-electron chi connectivity index (χ1n) is 6.80. The minimum Gasteiger partial charge on any atom is -0.314 e. The fraction of sp³-hybridized carbons (Fsp3) is 1.00. The lowest BCUT2D eigenvalue weighted by molar-refractivity contribution is 0.205. The van der Waals surface area contributed by atoms with Crippen molar-refractivity contribution in [2.75, 3.05) is 26.2 Å². The Bertz CT molecular complexity index is 175.